The summed E-state index contributed by atoms with van der Waals surface area (Å²) in [5.74, 6) is 0.182. The van der Waals surface area contributed by atoms with Gasteiger partial charge in [-0.15, -0.1) is 0 Å². The van der Waals surface area contributed by atoms with Crippen LogP contribution in [0.5, 0.6) is 0 Å². The lowest BCUT2D eigenvalue weighted by Gasteiger charge is -2.31. The first-order valence-electron chi connectivity index (χ1n) is 11.3. The number of anilines is 1. The molecular formula is C26H32N4O2. The first-order chi connectivity index (χ1) is 15.4. The van der Waals surface area contributed by atoms with Crippen LogP contribution in [0, 0.1) is 5.92 Å². The Morgan fingerprint density at radius 2 is 1.78 bits per heavy atom. The lowest BCUT2D eigenvalue weighted by molar-refractivity contribution is -0.133. The third-order valence-electron chi connectivity index (χ3n) is 6.60. The molecular weight excluding hydrogens is 400 g/mol. The summed E-state index contributed by atoms with van der Waals surface area (Å²) in [7, 11) is 4.06. The number of aromatic amines is 1. The van der Waals surface area contributed by atoms with E-state index in [0.29, 0.717) is 19.6 Å². The fourth-order valence-corrected chi connectivity index (χ4v) is 4.60. The molecule has 0 aliphatic carbocycles. The molecule has 2 aromatic carbocycles. The van der Waals surface area contributed by atoms with E-state index in [2.05, 4.69) is 57.8 Å². The van der Waals surface area contributed by atoms with E-state index < -0.39 is 0 Å². The Morgan fingerprint density at radius 3 is 2.44 bits per heavy atom. The van der Waals surface area contributed by atoms with E-state index in [4.69, 9.17) is 0 Å². The normalized spacial score (nSPS) is 15.5. The molecule has 6 nitrogen and oxygen atoms in total. The van der Waals surface area contributed by atoms with Crippen molar-refractivity contribution in [2.75, 3.05) is 38.6 Å². The second-order valence-corrected chi connectivity index (χ2v) is 8.85. The van der Waals surface area contributed by atoms with Gasteiger partial charge in [-0.25, -0.2) is 0 Å². The molecule has 0 saturated carbocycles. The van der Waals surface area contributed by atoms with Crippen molar-refractivity contribution in [3.05, 3.63) is 65.9 Å². The Hall–Kier alpha value is -3.28. The van der Waals surface area contributed by atoms with Crippen LogP contribution in [0.25, 0.3) is 10.9 Å². The molecule has 1 unspecified atom stereocenters. The van der Waals surface area contributed by atoms with E-state index in [1.54, 1.807) is 6.92 Å². The van der Waals surface area contributed by atoms with Gasteiger partial charge in [0, 0.05) is 75.3 Å². The third kappa shape index (κ3) is 4.64. The van der Waals surface area contributed by atoms with Gasteiger partial charge >= 0.3 is 0 Å². The Morgan fingerprint density at radius 1 is 1.09 bits per heavy atom. The van der Waals surface area contributed by atoms with Crippen LogP contribution in [0.4, 0.5) is 5.69 Å². The minimum absolute atomic E-state index is 0.0367. The number of amides is 2. The predicted octanol–water partition coefficient (Wildman–Crippen LogP) is 3.74. The van der Waals surface area contributed by atoms with Gasteiger partial charge in [-0.05, 0) is 42.2 Å². The molecule has 1 saturated heterocycles. The SMILES string of the molecule is CC(=O)N1CCC(C(=O)NCC(c2ccc(N(C)C)cc2)c2c[nH]c3ccccc23)CC1. The second kappa shape index (κ2) is 9.47. The zero-order valence-corrected chi connectivity index (χ0v) is 19.1. The van der Waals surface area contributed by atoms with Gasteiger partial charge < -0.3 is 20.1 Å². The topological polar surface area (TPSA) is 68.4 Å². The van der Waals surface area contributed by atoms with Crippen molar-refractivity contribution >= 4 is 28.4 Å². The molecule has 1 aliphatic heterocycles. The minimum Gasteiger partial charge on any atom is -0.378 e. The Bertz CT molecular complexity index is 1080. The fourth-order valence-electron chi connectivity index (χ4n) is 4.60. The molecule has 0 bridgehead atoms. The number of nitrogens with one attached hydrogen (secondary N) is 2. The summed E-state index contributed by atoms with van der Waals surface area (Å²) < 4.78 is 0. The van der Waals surface area contributed by atoms with Gasteiger partial charge in [0.2, 0.25) is 11.8 Å². The van der Waals surface area contributed by atoms with Gasteiger partial charge in [-0.3, -0.25) is 9.59 Å². The molecule has 4 rings (SSSR count). The molecule has 1 fully saturated rings. The number of hydrogen-bond donors (Lipinski definition) is 2. The summed E-state index contributed by atoms with van der Waals surface area (Å²) in [4.78, 5) is 31.8. The quantitative estimate of drug-likeness (QED) is 0.624. The van der Waals surface area contributed by atoms with E-state index in [9.17, 15) is 9.59 Å². The zero-order valence-electron chi connectivity index (χ0n) is 19.1. The number of hydrogen-bond acceptors (Lipinski definition) is 3. The monoisotopic (exact) mass is 432 g/mol. The molecule has 3 aromatic rings. The number of likely N-dealkylation sites (tertiary alicyclic amines) is 1. The summed E-state index contributed by atoms with van der Waals surface area (Å²) in [6.07, 6.45) is 3.51. The second-order valence-electron chi connectivity index (χ2n) is 8.85. The van der Waals surface area contributed by atoms with Crippen LogP contribution in [0.3, 0.4) is 0 Å². The van der Waals surface area contributed by atoms with E-state index in [1.165, 1.54) is 16.5 Å². The van der Waals surface area contributed by atoms with E-state index in [-0.39, 0.29) is 23.7 Å². The maximum absolute atomic E-state index is 13.0. The molecule has 2 N–H and O–H groups in total. The summed E-state index contributed by atoms with van der Waals surface area (Å²) in [5.41, 5.74) is 4.60. The number of carbonyl (C=O) groups is 2. The maximum Gasteiger partial charge on any atom is 0.223 e. The standard InChI is InChI=1S/C26H32N4O2/c1-18(31)30-14-12-20(13-15-30)26(32)28-16-23(19-8-10-21(11-9-19)29(2)3)24-17-27-25-7-5-4-6-22(24)25/h4-11,17,20,23,27H,12-16H2,1-3H3,(H,28,32). The van der Waals surface area contributed by atoms with Gasteiger partial charge in [-0.1, -0.05) is 30.3 Å². The number of nitrogens with zero attached hydrogens (tertiary/aromatic N) is 2. The first-order valence-corrected chi connectivity index (χ1v) is 11.3. The molecule has 1 aliphatic rings. The van der Waals surface area contributed by atoms with Crippen LogP contribution in [0.1, 0.15) is 36.8 Å². The number of rotatable bonds is 6. The third-order valence-corrected chi connectivity index (χ3v) is 6.60. The van der Waals surface area contributed by atoms with Gasteiger partial charge in [-0.2, -0.15) is 0 Å². The van der Waals surface area contributed by atoms with E-state index >= 15 is 0 Å². The van der Waals surface area contributed by atoms with Crippen molar-refractivity contribution < 1.29 is 9.59 Å². The highest BCUT2D eigenvalue weighted by molar-refractivity contribution is 5.84. The number of fused-ring (bicyclic) bond motifs is 1. The van der Waals surface area contributed by atoms with Gasteiger partial charge in [0.25, 0.3) is 0 Å². The molecule has 32 heavy (non-hydrogen) atoms. The Kier molecular flexibility index (Phi) is 6.49. The van der Waals surface area contributed by atoms with Crippen molar-refractivity contribution in [1.82, 2.24) is 15.2 Å². The van der Waals surface area contributed by atoms with Crippen molar-refractivity contribution in [1.29, 1.82) is 0 Å². The van der Waals surface area contributed by atoms with Crippen LogP contribution in [0.2, 0.25) is 0 Å². The summed E-state index contributed by atoms with van der Waals surface area (Å²) in [6.45, 7) is 3.44. The Labute approximate surface area is 189 Å². The number of H-pyrrole nitrogens is 1. The lowest BCUT2D eigenvalue weighted by Crippen LogP contribution is -2.43. The molecule has 2 amide bonds. The smallest absolute Gasteiger partial charge is 0.223 e. The number of para-hydroxylation sites is 1. The largest absolute Gasteiger partial charge is 0.378 e. The summed E-state index contributed by atoms with van der Waals surface area (Å²) >= 11 is 0. The minimum atomic E-state index is -0.0367. The van der Waals surface area contributed by atoms with E-state index in [1.807, 2.05) is 31.1 Å². The molecule has 168 valence electrons. The summed E-state index contributed by atoms with van der Waals surface area (Å²) in [6, 6.07) is 16.8. The molecule has 2 heterocycles. The average Bonchev–Trinajstić information content (AvgIpc) is 3.23. The molecule has 1 atom stereocenters. The molecule has 1 aromatic heterocycles. The van der Waals surface area contributed by atoms with E-state index in [0.717, 1.165) is 24.0 Å². The van der Waals surface area contributed by atoms with Crippen LogP contribution in [-0.2, 0) is 9.59 Å². The van der Waals surface area contributed by atoms with Gasteiger partial charge in [0.15, 0.2) is 0 Å². The lowest BCUT2D eigenvalue weighted by atomic mass is 9.90. The highest BCUT2D eigenvalue weighted by Crippen LogP contribution is 2.31. The van der Waals surface area contributed by atoms with Crippen LogP contribution in [-0.4, -0.2) is 55.4 Å². The van der Waals surface area contributed by atoms with Crippen LogP contribution >= 0.6 is 0 Å². The van der Waals surface area contributed by atoms with Gasteiger partial charge in [0.05, 0.1) is 0 Å². The number of benzene rings is 2. The van der Waals surface area contributed by atoms with Crippen molar-refractivity contribution in [3.63, 3.8) is 0 Å². The molecule has 0 radical (unpaired) electrons. The van der Waals surface area contributed by atoms with Crippen LogP contribution < -0.4 is 10.2 Å². The Balaban J connectivity index is 1.53. The predicted molar refractivity (Wildman–Crippen MR) is 129 cm³/mol. The van der Waals surface area contributed by atoms with Gasteiger partial charge in [0.1, 0.15) is 0 Å². The molecule has 6 heteroatoms. The fraction of sp³-hybridized carbons (Fsp3) is 0.385. The number of carbonyl (C=O) groups excluding carboxylic acids is 2. The highest BCUT2D eigenvalue weighted by Gasteiger charge is 2.27. The zero-order chi connectivity index (χ0) is 22.7. The number of piperidine rings is 1. The van der Waals surface area contributed by atoms with Crippen molar-refractivity contribution in [2.24, 2.45) is 5.92 Å². The highest BCUT2D eigenvalue weighted by atomic mass is 16.2. The summed E-state index contributed by atoms with van der Waals surface area (Å²) in [5, 5.41) is 4.40. The first kappa shape index (κ1) is 21.9. The maximum atomic E-state index is 13.0. The van der Waals surface area contributed by atoms with Crippen LogP contribution in [0.15, 0.2) is 54.7 Å². The number of aromatic nitrogens is 1. The average molecular weight is 433 g/mol. The van der Waals surface area contributed by atoms with Crippen molar-refractivity contribution in [2.45, 2.75) is 25.7 Å². The molecule has 0 spiro atoms. The van der Waals surface area contributed by atoms with Crippen molar-refractivity contribution in [3.8, 4) is 0 Å².